The van der Waals surface area contributed by atoms with E-state index in [2.05, 4.69) is 20.8 Å². The second-order valence-electron chi connectivity index (χ2n) is 6.42. The van der Waals surface area contributed by atoms with Crippen LogP contribution in [-0.2, 0) is 10.0 Å². The highest BCUT2D eigenvalue weighted by Crippen LogP contribution is 2.30. The Bertz CT molecular complexity index is 874. The van der Waals surface area contributed by atoms with Gasteiger partial charge < -0.3 is 5.32 Å². The number of piperidine rings is 1. The molecule has 1 aromatic carbocycles. The number of alkyl halides is 3. The van der Waals surface area contributed by atoms with Crippen LogP contribution < -0.4 is 5.32 Å². The van der Waals surface area contributed by atoms with Crippen molar-refractivity contribution < 1.29 is 21.6 Å². The molecule has 2 aromatic rings. The molecule has 1 saturated heterocycles. The molecule has 0 bridgehead atoms. The van der Waals surface area contributed by atoms with Crippen molar-refractivity contribution in [2.24, 2.45) is 5.92 Å². The summed E-state index contributed by atoms with van der Waals surface area (Å²) in [5.41, 5.74) is -3.38. The molecule has 27 heavy (non-hydrogen) atoms. The number of hydrogen-bond donors (Lipinski definition) is 1. The number of benzene rings is 1. The first kappa shape index (κ1) is 19.5. The molecule has 0 aliphatic carbocycles. The van der Waals surface area contributed by atoms with Crippen molar-refractivity contribution in [2.45, 2.75) is 25.3 Å². The van der Waals surface area contributed by atoms with Gasteiger partial charge in [0.2, 0.25) is 5.95 Å². The lowest BCUT2D eigenvalue weighted by Crippen LogP contribution is -2.45. The first-order valence-electron chi connectivity index (χ1n) is 8.34. The molecule has 0 spiro atoms. The molecule has 1 aliphatic rings. The van der Waals surface area contributed by atoms with Gasteiger partial charge in [-0.25, -0.2) is 8.42 Å². The summed E-state index contributed by atoms with van der Waals surface area (Å²) in [7, 11) is -5.25. The molecule has 0 atom stereocenters. The maximum Gasteiger partial charge on any atom is 0.511 e. The van der Waals surface area contributed by atoms with Gasteiger partial charge in [0.1, 0.15) is 0 Å². The number of nitrogens with one attached hydrogen (secondary N) is 1. The Kier molecular flexibility index (Phi) is 5.38. The summed E-state index contributed by atoms with van der Waals surface area (Å²) in [5, 5.41) is 14.6. The molecule has 8 nitrogen and oxygen atoms in total. The summed E-state index contributed by atoms with van der Waals surface area (Å²) in [4.78, 5) is 0. The van der Waals surface area contributed by atoms with Crippen molar-refractivity contribution in [1.29, 1.82) is 0 Å². The normalized spacial score (nSPS) is 17.2. The molecule has 12 heteroatoms. The van der Waals surface area contributed by atoms with Gasteiger partial charge in [-0.2, -0.15) is 22.2 Å². The summed E-state index contributed by atoms with van der Waals surface area (Å²) in [6, 6.07) is 7.60. The zero-order chi connectivity index (χ0) is 19.7. The Morgan fingerprint density at radius 2 is 1.81 bits per heavy atom. The molecule has 1 fully saturated rings. The summed E-state index contributed by atoms with van der Waals surface area (Å²) in [5.74, 6) is 0.442. The maximum atomic E-state index is 12.6. The second-order valence-corrected chi connectivity index (χ2v) is 8.35. The van der Waals surface area contributed by atoms with Crippen LogP contribution in [0.3, 0.4) is 0 Å². The molecule has 0 amide bonds. The van der Waals surface area contributed by atoms with Gasteiger partial charge in [0.05, 0.1) is 5.69 Å². The van der Waals surface area contributed by atoms with E-state index in [0.717, 1.165) is 11.3 Å². The van der Waals surface area contributed by atoms with Crippen molar-refractivity contribution in [3.63, 3.8) is 0 Å². The first-order chi connectivity index (χ1) is 12.7. The zero-order valence-electron chi connectivity index (χ0n) is 14.5. The lowest BCUT2D eigenvalue weighted by atomic mass is 9.98. The van der Waals surface area contributed by atoms with Crippen LogP contribution in [0, 0.1) is 12.8 Å². The van der Waals surface area contributed by atoms with Gasteiger partial charge in [-0.1, -0.05) is 22.8 Å². The molecule has 1 aromatic heterocycles. The lowest BCUT2D eigenvalue weighted by Gasteiger charge is -2.31. The van der Waals surface area contributed by atoms with E-state index in [4.69, 9.17) is 0 Å². The van der Waals surface area contributed by atoms with Crippen LogP contribution in [0.25, 0.3) is 5.69 Å². The lowest BCUT2D eigenvalue weighted by molar-refractivity contribution is -0.0496. The third kappa shape index (κ3) is 4.21. The van der Waals surface area contributed by atoms with Crippen molar-refractivity contribution in [3.8, 4) is 5.69 Å². The minimum atomic E-state index is -5.26. The summed E-state index contributed by atoms with van der Waals surface area (Å²) < 4.78 is 62.7. The fourth-order valence-corrected chi connectivity index (χ4v) is 3.88. The first-order valence-corrected chi connectivity index (χ1v) is 9.78. The smallest absolute Gasteiger partial charge is 0.352 e. The largest absolute Gasteiger partial charge is 0.511 e. The number of rotatable bonds is 5. The molecular formula is C15H19F3N6O2S. The number of tetrazole rings is 1. The Hall–Kier alpha value is -2.21. The van der Waals surface area contributed by atoms with Crippen LogP contribution in [0.15, 0.2) is 24.3 Å². The Balaban J connectivity index is 1.57. The van der Waals surface area contributed by atoms with Crippen molar-refractivity contribution in [1.82, 2.24) is 24.5 Å². The SMILES string of the molecule is Cc1ccc(-n2nnnc2NCC2CCN(S(=O)(=O)C(F)(F)F)CC2)cc1. The van der Waals surface area contributed by atoms with Crippen LogP contribution >= 0.6 is 0 Å². The monoisotopic (exact) mass is 404 g/mol. The van der Waals surface area contributed by atoms with Crippen LogP contribution in [0.2, 0.25) is 0 Å². The van der Waals surface area contributed by atoms with Gasteiger partial charge in [-0.15, -0.1) is 0 Å². The molecule has 1 aliphatic heterocycles. The van der Waals surface area contributed by atoms with E-state index in [0.29, 0.717) is 29.6 Å². The fourth-order valence-electron chi connectivity index (χ4n) is 2.89. The Labute approximate surface area is 154 Å². The second kappa shape index (κ2) is 7.43. The van der Waals surface area contributed by atoms with Crippen molar-refractivity contribution in [3.05, 3.63) is 29.8 Å². The topological polar surface area (TPSA) is 93.0 Å². The van der Waals surface area contributed by atoms with Gasteiger partial charge >= 0.3 is 15.5 Å². The molecule has 0 radical (unpaired) electrons. The number of nitrogens with zero attached hydrogens (tertiary/aromatic N) is 5. The van der Waals surface area contributed by atoms with Crippen LogP contribution in [0.4, 0.5) is 19.1 Å². The highest BCUT2D eigenvalue weighted by molar-refractivity contribution is 7.90. The van der Waals surface area contributed by atoms with E-state index in [-0.39, 0.29) is 19.0 Å². The molecule has 2 heterocycles. The van der Waals surface area contributed by atoms with Gasteiger partial charge in [0, 0.05) is 19.6 Å². The van der Waals surface area contributed by atoms with E-state index in [1.54, 1.807) is 0 Å². The molecule has 1 N–H and O–H groups in total. The molecule has 148 valence electrons. The highest BCUT2D eigenvalue weighted by Gasteiger charge is 2.50. The summed E-state index contributed by atoms with van der Waals surface area (Å²) in [6.07, 6.45) is 0.656. The number of aryl methyl sites for hydroxylation is 1. The molecule has 0 saturated carbocycles. The van der Waals surface area contributed by atoms with Gasteiger partial charge in [0.25, 0.3) is 0 Å². The van der Waals surface area contributed by atoms with Gasteiger partial charge in [-0.3, -0.25) is 0 Å². The van der Waals surface area contributed by atoms with E-state index < -0.39 is 15.5 Å². The molecule has 3 rings (SSSR count). The molecule has 0 unspecified atom stereocenters. The van der Waals surface area contributed by atoms with E-state index in [1.807, 2.05) is 31.2 Å². The Morgan fingerprint density at radius 1 is 1.19 bits per heavy atom. The third-order valence-electron chi connectivity index (χ3n) is 4.50. The van der Waals surface area contributed by atoms with Crippen molar-refractivity contribution in [2.75, 3.05) is 25.0 Å². The van der Waals surface area contributed by atoms with Gasteiger partial charge in [-0.05, 0) is 48.2 Å². The maximum absolute atomic E-state index is 12.6. The highest BCUT2D eigenvalue weighted by atomic mass is 32.2. The average Bonchev–Trinajstić information content (AvgIpc) is 3.08. The van der Waals surface area contributed by atoms with E-state index >= 15 is 0 Å². The zero-order valence-corrected chi connectivity index (χ0v) is 15.3. The van der Waals surface area contributed by atoms with Crippen LogP contribution in [0.5, 0.6) is 0 Å². The predicted molar refractivity (Wildman–Crippen MR) is 91.7 cm³/mol. The van der Waals surface area contributed by atoms with Crippen molar-refractivity contribution >= 4 is 16.0 Å². The minimum Gasteiger partial charge on any atom is -0.352 e. The van der Waals surface area contributed by atoms with Crippen LogP contribution in [0.1, 0.15) is 18.4 Å². The number of halogens is 3. The number of aromatic nitrogens is 4. The quantitative estimate of drug-likeness (QED) is 0.819. The Morgan fingerprint density at radius 3 is 2.41 bits per heavy atom. The number of anilines is 1. The minimum absolute atomic E-state index is 0.0212. The predicted octanol–water partition coefficient (Wildman–Crippen LogP) is 1.94. The number of sulfonamides is 1. The molecular weight excluding hydrogens is 385 g/mol. The van der Waals surface area contributed by atoms with E-state index in [9.17, 15) is 21.6 Å². The standard InChI is InChI=1S/C15H19F3N6O2S/c1-11-2-4-13(5-3-11)24-14(20-21-22-24)19-10-12-6-8-23(9-7-12)27(25,26)15(16,17)18/h2-5,12H,6-10H2,1H3,(H,19,20,22). The van der Waals surface area contributed by atoms with Crippen LogP contribution in [-0.4, -0.2) is 58.1 Å². The van der Waals surface area contributed by atoms with E-state index in [1.165, 1.54) is 4.68 Å². The third-order valence-corrected chi connectivity index (χ3v) is 6.13. The number of hydrogen-bond acceptors (Lipinski definition) is 6. The fraction of sp³-hybridized carbons (Fsp3) is 0.533. The summed E-state index contributed by atoms with van der Waals surface area (Å²) >= 11 is 0. The average molecular weight is 404 g/mol. The van der Waals surface area contributed by atoms with Gasteiger partial charge in [0.15, 0.2) is 0 Å². The summed E-state index contributed by atoms with van der Waals surface area (Å²) in [6.45, 7) is 2.09.